The fraction of sp³-hybridized carbons (Fsp3) is 0.360. The van der Waals surface area contributed by atoms with E-state index >= 15 is 0 Å². The van der Waals surface area contributed by atoms with Crippen LogP contribution in [0.3, 0.4) is 0 Å². The molecule has 0 unspecified atom stereocenters. The van der Waals surface area contributed by atoms with E-state index in [9.17, 15) is 14.0 Å². The molecule has 0 aliphatic carbocycles. The highest BCUT2D eigenvalue weighted by Crippen LogP contribution is 2.19. The largest absolute Gasteiger partial charge is 0.494 e. The van der Waals surface area contributed by atoms with Crippen LogP contribution in [0, 0.1) is 18.7 Å². The number of likely N-dealkylation sites (tertiary alicyclic amines) is 1. The number of rotatable bonds is 7. The zero-order chi connectivity index (χ0) is 22.2. The molecule has 1 fully saturated rings. The minimum atomic E-state index is -0.267. The van der Waals surface area contributed by atoms with E-state index in [0.29, 0.717) is 44.6 Å². The minimum absolute atomic E-state index is 0.0435. The van der Waals surface area contributed by atoms with Crippen LogP contribution in [0.25, 0.3) is 6.08 Å². The molecule has 0 atom stereocenters. The number of benzene rings is 2. The topological polar surface area (TPSA) is 58.6 Å². The number of hydrogen-bond donors (Lipinski definition) is 1. The fourth-order valence-corrected chi connectivity index (χ4v) is 3.56. The molecule has 3 rings (SSSR count). The summed E-state index contributed by atoms with van der Waals surface area (Å²) in [5.74, 6) is 0.311. The predicted molar refractivity (Wildman–Crippen MR) is 119 cm³/mol. The van der Waals surface area contributed by atoms with Crippen molar-refractivity contribution in [1.29, 1.82) is 0 Å². The summed E-state index contributed by atoms with van der Waals surface area (Å²) in [5.41, 5.74) is 2.26. The molecule has 1 N–H and O–H groups in total. The zero-order valence-electron chi connectivity index (χ0n) is 18.1. The maximum Gasteiger partial charge on any atom is 0.246 e. The van der Waals surface area contributed by atoms with Crippen LogP contribution in [0.1, 0.15) is 36.5 Å². The van der Waals surface area contributed by atoms with E-state index < -0.39 is 0 Å². The third-order valence-electron chi connectivity index (χ3n) is 5.49. The molecule has 2 aromatic carbocycles. The van der Waals surface area contributed by atoms with Gasteiger partial charge in [0, 0.05) is 31.6 Å². The Morgan fingerprint density at radius 2 is 1.87 bits per heavy atom. The van der Waals surface area contributed by atoms with Crippen molar-refractivity contribution >= 4 is 17.9 Å². The van der Waals surface area contributed by atoms with E-state index in [1.54, 1.807) is 30.0 Å². The Balaban J connectivity index is 1.44. The first-order valence-electron chi connectivity index (χ1n) is 10.7. The lowest BCUT2D eigenvalue weighted by Crippen LogP contribution is -2.42. The summed E-state index contributed by atoms with van der Waals surface area (Å²) in [7, 11) is 0. The Bertz CT molecular complexity index is 932. The first-order valence-corrected chi connectivity index (χ1v) is 10.7. The maximum atomic E-state index is 13.6. The monoisotopic (exact) mass is 424 g/mol. The van der Waals surface area contributed by atoms with Crippen molar-refractivity contribution in [2.75, 3.05) is 19.7 Å². The van der Waals surface area contributed by atoms with Crippen LogP contribution in [0.5, 0.6) is 5.75 Å². The van der Waals surface area contributed by atoms with Crippen molar-refractivity contribution < 1.29 is 18.7 Å². The number of nitrogens with zero attached hydrogens (tertiary/aromatic N) is 1. The van der Waals surface area contributed by atoms with Gasteiger partial charge >= 0.3 is 0 Å². The minimum Gasteiger partial charge on any atom is -0.494 e. The number of nitrogens with one attached hydrogen (secondary N) is 1. The molecule has 0 bridgehead atoms. The van der Waals surface area contributed by atoms with Gasteiger partial charge in [0.1, 0.15) is 11.6 Å². The molecule has 1 aliphatic heterocycles. The van der Waals surface area contributed by atoms with Crippen molar-refractivity contribution in [3.63, 3.8) is 0 Å². The van der Waals surface area contributed by atoms with Gasteiger partial charge in [0.25, 0.3) is 0 Å². The molecule has 2 amide bonds. The number of carbonyl (C=O) groups excluding carboxylic acids is 2. The molecule has 0 saturated carbocycles. The second kappa shape index (κ2) is 10.8. The van der Waals surface area contributed by atoms with Gasteiger partial charge in [-0.1, -0.05) is 24.3 Å². The summed E-state index contributed by atoms with van der Waals surface area (Å²) in [6.45, 7) is 5.66. The lowest BCUT2D eigenvalue weighted by Gasteiger charge is -2.30. The van der Waals surface area contributed by atoms with Gasteiger partial charge < -0.3 is 15.0 Å². The van der Waals surface area contributed by atoms with Crippen LogP contribution >= 0.6 is 0 Å². The quantitative estimate of drug-likeness (QED) is 0.681. The van der Waals surface area contributed by atoms with Crippen LogP contribution in [0.2, 0.25) is 0 Å². The number of aryl methyl sites for hydroxylation is 1. The van der Waals surface area contributed by atoms with Gasteiger partial charge in [0.15, 0.2) is 0 Å². The van der Waals surface area contributed by atoms with Gasteiger partial charge in [-0.25, -0.2) is 4.39 Å². The van der Waals surface area contributed by atoms with Gasteiger partial charge in [-0.15, -0.1) is 0 Å². The summed E-state index contributed by atoms with van der Waals surface area (Å²) >= 11 is 0. The molecular weight excluding hydrogens is 395 g/mol. The third kappa shape index (κ3) is 6.41. The van der Waals surface area contributed by atoms with Gasteiger partial charge in [0.2, 0.25) is 11.8 Å². The second-order valence-electron chi connectivity index (χ2n) is 7.74. The molecule has 1 aliphatic rings. The van der Waals surface area contributed by atoms with Crippen LogP contribution in [0.4, 0.5) is 4.39 Å². The molecule has 1 saturated heterocycles. The van der Waals surface area contributed by atoms with E-state index in [2.05, 4.69) is 5.32 Å². The molecule has 0 radical (unpaired) electrons. The first-order chi connectivity index (χ1) is 15.0. The van der Waals surface area contributed by atoms with Crippen LogP contribution in [-0.2, 0) is 16.1 Å². The summed E-state index contributed by atoms with van der Waals surface area (Å²) in [4.78, 5) is 26.7. The number of amides is 2. The van der Waals surface area contributed by atoms with Gasteiger partial charge in [-0.05, 0) is 67.7 Å². The Morgan fingerprint density at radius 1 is 1.16 bits per heavy atom. The predicted octanol–water partition coefficient (Wildman–Crippen LogP) is 4.10. The first kappa shape index (κ1) is 22.5. The molecule has 2 aromatic rings. The lowest BCUT2D eigenvalue weighted by atomic mass is 9.95. The molecule has 31 heavy (non-hydrogen) atoms. The number of halogens is 1. The second-order valence-corrected chi connectivity index (χ2v) is 7.74. The summed E-state index contributed by atoms with van der Waals surface area (Å²) in [6.07, 6.45) is 4.60. The highest BCUT2D eigenvalue weighted by Gasteiger charge is 2.26. The fourth-order valence-electron chi connectivity index (χ4n) is 3.56. The van der Waals surface area contributed by atoms with Gasteiger partial charge in [0.05, 0.1) is 6.61 Å². The Kier molecular flexibility index (Phi) is 7.82. The number of ether oxygens (including phenoxy) is 1. The number of piperidine rings is 1. The van der Waals surface area contributed by atoms with Crippen molar-refractivity contribution in [1.82, 2.24) is 10.2 Å². The summed E-state index contributed by atoms with van der Waals surface area (Å²) in [6, 6.07) is 12.5. The van der Waals surface area contributed by atoms with E-state index in [1.807, 2.05) is 37.3 Å². The highest BCUT2D eigenvalue weighted by molar-refractivity contribution is 5.92. The van der Waals surface area contributed by atoms with Crippen LogP contribution in [-0.4, -0.2) is 36.4 Å². The number of hydrogen-bond acceptors (Lipinski definition) is 3. The molecule has 0 spiro atoms. The SMILES string of the molecule is CCOc1ccc(C=CC(=O)N2CCC(C(=O)NCc3ccc(C)c(F)c3)CC2)cc1. The standard InChI is InChI=1S/C25H29FN2O3/c1-3-31-22-9-6-19(7-10-22)8-11-24(29)28-14-12-21(13-15-28)25(30)27-17-20-5-4-18(2)23(26)16-20/h4-11,16,21H,3,12-15,17H2,1-2H3,(H,27,30). The van der Waals surface area contributed by atoms with Crippen molar-refractivity contribution in [2.24, 2.45) is 5.92 Å². The van der Waals surface area contributed by atoms with E-state index in [4.69, 9.17) is 4.74 Å². The maximum absolute atomic E-state index is 13.6. The lowest BCUT2D eigenvalue weighted by molar-refractivity contribution is -0.132. The Morgan fingerprint density at radius 3 is 2.52 bits per heavy atom. The van der Waals surface area contributed by atoms with E-state index in [1.165, 1.54) is 6.07 Å². The molecular formula is C25H29FN2O3. The van der Waals surface area contributed by atoms with Gasteiger partial charge in [-0.3, -0.25) is 9.59 Å². The third-order valence-corrected chi connectivity index (χ3v) is 5.49. The van der Waals surface area contributed by atoms with Crippen molar-refractivity contribution in [3.8, 4) is 5.75 Å². The molecule has 164 valence electrons. The van der Waals surface area contributed by atoms with Crippen LogP contribution in [0.15, 0.2) is 48.5 Å². The van der Waals surface area contributed by atoms with Crippen molar-refractivity contribution in [2.45, 2.75) is 33.2 Å². The zero-order valence-corrected chi connectivity index (χ0v) is 18.1. The average Bonchev–Trinajstić information content (AvgIpc) is 2.79. The van der Waals surface area contributed by atoms with Crippen molar-refractivity contribution in [3.05, 3.63) is 71.0 Å². The highest BCUT2D eigenvalue weighted by atomic mass is 19.1. The average molecular weight is 425 g/mol. The Hall–Kier alpha value is -3.15. The summed E-state index contributed by atoms with van der Waals surface area (Å²) < 4.78 is 19.1. The van der Waals surface area contributed by atoms with Gasteiger partial charge in [-0.2, -0.15) is 0 Å². The van der Waals surface area contributed by atoms with E-state index in [-0.39, 0.29) is 23.5 Å². The van der Waals surface area contributed by atoms with Crippen LogP contribution < -0.4 is 10.1 Å². The smallest absolute Gasteiger partial charge is 0.246 e. The molecule has 5 nitrogen and oxygen atoms in total. The molecule has 0 aromatic heterocycles. The Labute approximate surface area is 182 Å². The summed E-state index contributed by atoms with van der Waals surface area (Å²) in [5, 5.41) is 2.89. The number of carbonyl (C=O) groups is 2. The van der Waals surface area contributed by atoms with E-state index in [0.717, 1.165) is 16.9 Å². The molecule has 1 heterocycles. The molecule has 6 heteroatoms. The normalized spacial score (nSPS) is 14.6.